The molecule has 0 aromatic heterocycles. The van der Waals surface area contributed by atoms with E-state index in [9.17, 15) is 4.79 Å². The topological polar surface area (TPSA) is 35.6 Å². The van der Waals surface area contributed by atoms with Gasteiger partial charge in [-0.25, -0.2) is 0 Å². The average molecular weight is 319 g/mol. The Balaban J connectivity index is 2.42. The summed E-state index contributed by atoms with van der Waals surface area (Å²) < 4.78 is 0. The molecule has 1 rings (SSSR count). The third kappa shape index (κ3) is 7.62. The molecule has 0 aliphatic heterocycles. The second kappa shape index (κ2) is 11.2. The van der Waals surface area contributed by atoms with Gasteiger partial charge in [0.2, 0.25) is 5.91 Å². The molecule has 1 amide bonds. The first-order chi connectivity index (χ1) is 11.1. The highest BCUT2D eigenvalue weighted by atomic mass is 16.2. The molecule has 1 N–H and O–H groups in total. The van der Waals surface area contributed by atoms with Gasteiger partial charge in [0, 0.05) is 19.6 Å². The van der Waals surface area contributed by atoms with E-state index in [2.05, 4.69) is 54.9 Å². The fraction of sp³-hybridized carbons (Fsp3) is 0.632. The Morgan fingerprint density at radius 2 is 1.65 bits per heavy atom. The van der Waals surface area contributed by atoms with Crippen molar-refractivity contribution in [3.05, 3.63) is 35.4 Å². The van der Waals surface area contributed by atoms with Crippen LogP contribution in [0.1, 0.15) is 38.3 Å². The molecule has 0 fully saturated rings. The van der Waals surface area contributed by atoms with Gasteiger partial charge in [-0.05, 0) is 44.1 Å². The molecule has 0 aliphatic rings. The van der Waals surface area contributed by atoms with Crippen molar-refractivity contribution < 1.29 is 4.79 Å². The van der Waals surface area contributed by atoms with Crippen molar-refractivity contribution in [3.8, 4) is 0 Å². The fourth-order valence-electron chi connectivity index (χ4n) is 2.67. The van der Waals surface area contributed by atoms with Gasteiger partial charge in [-0.15, -0.1) is 0 Å². The molecular formula is C19H33N3O. The van der Waals surface area contributed by atoms with Crippen LogP contribution in [0.5, 0.6) is 0 Å². The predicted molar refractivity (Wildman–Crippen MR) is 97.5 cm³/mol. The molecule has 4 nitrogen and oxygen atoms in total. The second-order valence-electron chi connectivity index (χ2n) is 6.01. The maximum absolute atomic E-state index is 12.2. The van der Waals surface area contributed by atoms with Crippen LogP contribution in [0.2, 0.25) is 0 Å². The molecule has 0 spiro atoms. The smallest absolute Gasteiger partial charge is 0.234 e. The maximum Gasteiger partial charge on any atom is 0.234 e. The quantitative estimate of drug-likeness (QED) is 0.681. The fourth-order valence-corrected chi connectivity index (χ4v) is 2.67. The summed E-state index contributed by atoms with van der Waals surface area (Å²) in [6, 6.07) is 8.19. The van der Waals surface area contributed by atoms with Gasteiger partial charge in [0.15, 0.2) is 0 Å². The zero-order valence-electron chi connectivity index (χ0n) is 15.3. The minimum absolute atomic E-state index is 0.112. The van der Waals surface area contributed by atoms with E-state index in [1.807, 2.05) is 12.1 Å². The van der Waals surface area contributed by atoms with Crippen LogP contribution < -0.4 is 5.32 Å². The van der Waals surface area contributed by atoms with Crippen LogP contribution in [0, 0.1) is 6.92 Å². The first kappa shape index (κ1) is 19.7. The number of likely N-dealkylation sites (N-methyl/N-ethyl adjacent to an activating group) is 1. The Morgan fingerprint density at radius 3 is 2.26 bits per heavy atom. The molecule has 1 aromatic rings. The number of carbonyl (C=O) groups is 1. The molecule has 0 aliphatic carbocycles. The van der Waals surface area contributed by atoms with E-state index < -0.39 is 0 Å². The lowest BCUT2D eigenvalue weighted by atomic mass is 10.1. The summed E-state index contributed by atoms with van der Waals surface area (Å²) in [5, 5.41) is 3.05. The minimum Gasteiger partial charge on any atom is -0.351 e. The number of rotatable bonds is 11. The van der Waals surface area contributed by atoms with Crippen LogP contribution in [0.15, 0.2) is 24.3 Å². The number of nitrogens with zero attached hydrogens (tertiary/aromatic N) is 2. The molecule has 0 saturated carbocycles. The summed E-state index contributed by atoms with van der Waals surface area (Å²) in [7, 11) is 0. The van der Waals surface area contributed by atoms with Gasteiger partial charge in [0.05, 0.1) is 6.54 Å². The Hall–Kier alpha value is -1.39. The van der Waals surface area contributed by atoms with Crippen LogP contribution in [0.3, 0.4) is 0 Å². The summed E-state index contributed by atoms with van der Waals surface area (Å²) in [6.45, 7) is 14.8. The van der Waals surface area contributed by atoms with Crippen molar-refractivity contribution in [3.63, 3.8) is 0 Å². The van der Waals surface area contributed by atoms with Crippen molar-refractivity contribution >= 4 is 5.91 Å². The Kier molecular flexibility index (Phi) is 9.57. The van der Waals surface area contributed by atoms with Gasteiger partial charge in [-0.1, -0.05) is 45.0 Å². The molecule has 23 heavy (non-hydrogen) atoms. The predicted octanol–water partition coefficient (Wildman–Crippen LogP) is 2.67. The van der Waals surface area contributed by atoms with Crippen molar-refractivity contribution in [2.24, 2.45) is 0 Å². The molecule has 1 aromatic carbocycles. The van der Waals surface area contributed by atoms with Gasteiger partial charge in [0.1, 0.15) is 0 Å². The van der Waals surface area contributed by atoms with E-state index >= 15 is 0 Å². The number of nitrogens with one attached hydrogen (secondary N) is 1. The molecule has 0 unspecified atom stereocenters. The molecule has 0 bridgehead atoms. The van der Waals surface area contributed by atoms with Gasteiger partial charge in [-0.3, -0.25) is 9.69 Å². The van der Waals surface area contributed by atoms with E-state index in [0.717, 1.165) is 39.1 Å². The van der Waals surface area contributed by atoms with E-state index in [4.69, 9.17) is 0 Å². The van der Waals surface area contributed by atoms with Crippen LogP contribution in [0.25, 0.3) is 0 Å². The largest absolute Gasteiger partial charge is 0.351 e. The summed E-state index contributed by atoms with van der Waals surface area (Å²) in [6.07, 6.45) is 1.07. The molecule has 0 atom stereocenters. The SMILES string of the molecule is CCCN(CCN(CC)CC)CC(=O)NCc1ccccc1C. The van der Waals surface area contributed by atoms with E-state index in [1.54, 1.807) is 0 Å². The summed E-state index contributed by atoms with van der Waals surface area (Å²) in [4.78, 5) is 16.9. The number of amides is 1. The standard InChI is InChI=1S/C19H33N3O/c1-5-12-22(14-13-21(6-2)7-3)16-19(23)20-15-18-11-9-8-10-17(18)4/h8-11H,5-7,12-16H2,1-4H3,(H,20,23). The molecular weight excluding hydrogens is 286 g/mol. The van der Waals surface area contributed by atoms with Crippen molar-refractivity contribution in [2.45, 2.75) is 40.7 Å². The number of aryl methyl sites for hydroxylation is 1. The van der Waals surface area contributed by atoms with Crippen molar-refractivity contribution in [1.82, 2.24) is 15.1 Å². The van der Waals surface area contributed by atoms with Crippen LogP contribution in [-0.2, 0) is 11.3 Å². The lowest BCUT2D eigenvalue weighted by molar-refractivity contribution is -0.122. The number of hydrogen-bond donors (Lipinski definition) is 1. The molecule has 0 saturated heterocycles. The summed E-state index contributed by atoms with van der Waals surface area (Å²) in [5.41, 5.74) is 2.41. The lowest BCUT2D eigenvalue weighted by Gasteiger charge is -2.25. The van der Waals surface area contributed by atoms with E-state index in [0.29, 0.717) is 13.1 Å². The monoisotopic (exact) mass is 319 g/mol. The first-order valence-corrected chi connectivity index (χ1v) is 8.86. The molecule has 130 valence electrons. The van der Waals surface area contributed by atoms with Crippen LogP contribution in [0.4, 0.5) is 0 Å². The highest BCUT2D eigenvalue weighted by Crippen LogP contribution is 2.06. The minimum atomic E-state index is 0.112. The summed E-state index contributed by atoms with van der Waals surface area (Å²) in [5.74, 6) is 0.112. The Morgan fingerprint density at radius 1 is 1.00 bits per heavy atom. The Labute approximate surface area is 141 Å². The van der Waals surface area contributed by atoms with Crippen molar-refractivity contribution in [1.29, 1.82) is 0 Å². The molecule has 4 heteroatoms. The van der Waals surface area contributed by atoms with E-state index in [1.165, 1.54) is 11.1 Å². The van der Waals surface area contributed by atoms with Crippen molar-refractivity contribution in [2.75, 3.05) is 39.3 Å². The zero-order chi connectivity index (χ0) is 17.1. The Bertz CT molecular complexity index is 458. The third-order valence-corrected chi connectivity index (χ3v) is 4.27. The van der Waals surface area contributed by atoms with Gasteiger partial charge < -0.3 is 10.2 Å². The highest BCUT2D eigenvalue weighted by Gasteiger charge is 2.11. The summed E-state index contributed by atoms with van der Waals surface area (Å²) >= 11 is 0. The second-order valence-corrected chi connectivity index (χ2v) is 6.01. The average Bonchev–Trinajstić information content (AvgIpc) is 2.55. The normalized spacial score (nSPS) is 11.2. The number of hydrogen-bond acceptors (Lipinski definition) is 3. The van der Waals surface area contributed by atoms with Gasteiger partial charge in [0.25, 0.3) is 0 Å². The van der Waals surface area contributed by atoms with Gasteiger partial charge in [-0.2, -0.15) is 0 Å². The molecule has 0 heterocycles. The van der Waals surface area contributed by atoms with E-state index in [-0.39, 0.29) is 5.91 Å². The third-order valence-electron chi connectivity index (χ3n) is 4.27. The zero-order valence-corrected chi connectivity index (χ0v) is 15.3. The maximum atomic E-state index is 12.2. The highest BCUT2D eigenvalue weighted by molar-refractivity contribution is 5.78. The van der Waals surface area contributed by atoms with Crippen LogP contribution in [-0.4, -0.2) is 55.0 Å². The van der Waals surface area contributed by atoms with Crippen LogP contribution >= 0.6 is 0 Å². The number of benzene rings is 1. The molecule has 0 radical (unpaired) electrons. The van der Waals surface area contributed by atoms with Gasteiger partial charge >= 0.3 is 0 Å². The first-order valence-electron chi connectivity index (χ1n) is 8.86. The lowest BCUT2D eigenvalue weighted by Crippen LogP contribution is -2.41. The number of carbonyl (C=O) groups excluding carboxylic acids is 1.